The van der Waals surface area contributed by atoms with E-state index in [1.807, 2.05) is 0 Å². The Kier molecular flexibility index (Phi) is 5.85. The lowest BCUT2D eigenvalue weighted by atomic mass is 9.99. The SMILES string of the molecule is O=C(Nc1nnc(-c2cccc(Cl)c2)o1)C1CCCN(S(=O)(=O)c2ccccc2)C1. The molecule has 0 radical (unpaired) electrons. The van der Waals surface area contributed by atoms with E-state index in [0.717, 1.165) is 0 Å². The number of halogens is 1. The highest BCUT2D eigenvalue weighted by molar-refractivity contribution is 7.89. The summed E-state index contributed by atoms with van der Waals surface area (Å²) in [6, 6.07) is 15.1. The van der Waals surface area contributed by atoms with E-state index < -0.39 is 15.9 Å². The molecule has 1 atom stereocenters. The minimum atomic E-state index is -3.65. The van der Waals surface area contributed by atoms with Gasteiger partial charge in [0.05, 0.1) is 10.8 Å². The van der Waals surface area contributed by atoms with Crippen LogP contribution in [0, 0.1) is 5.92 Å². The van der Waals surface area contributed by atoms with Crippen LogP contribution >= 0.6 is 11.6 Å². The fourth-order valence-corrected chi connectivity index (χ4v) is 5.07. The number of carbonyl (C=O) groups excluding carboxylic acids is 1. The quantitative estimate of drug-likeness (QED) is 0.643. The number of rotatable bonds is 5. The summed E-state index contributed by atoms with van der Waals surface area (Å²) in [7, 11) is -3.65. The molecule has 0 saturated carbocycles. The van der Waals surface area contributed by atoms with Crippen molar-refractivity contribution in [2.24, 2.45) is 5.92 Å². The zero-order valence-electron chi connectivity index (χ0n) is 15.9. The van der Waals surface area contributed by atoms with Gasteiger partial charge in [-0.15, -0.1) is 5.10 Å². The summed E-state index contributed by atoms with van der Waals surface area (Å²) in [5.74, 6) is -0.646. The molecule has 10 heteroatoms. The van der Waals surface area contributed by atoms with Crippen LogP contribution in [0.3, 0.4) is 0 Å². The first-order chi connectivity index (χ1) is 14.4. The van der Waals surface area contributed by atoms with E-state index in [0.29, 0.717) is 30.0 Å². The normalized spacial score (nSPS) is 17.6. The van der Waals surface area contributed by atoms with Gasteiger partial charge in [-0.2, -0.15) is 4.31 Å². The fraction of sp³-hybridized carbons (Fsp3) is 0.250. The van der Waals surface area contributed by atoms with Crippen molar-refractivity contribution in [3.8, 4) is 11.5 Å². The van der Waals surface area contributed by atoms with Gasteiger partial charge >= 0.3 is 6.01 Å². The maximum absolute atomic E-state index is 12.8. The summed E-state index contributed by atoms with van der Waals surface area (Å²) in [6.07, 6.45) is 1.16. The van der Waals surface area contributed by atoms with Gasteiger partial charge in [-0.25, -0.2) is 8.42 Å². The molecule has 1 aromatic heterocycles. The number of sulfonamides is 1. The molecule has 2 aromatic carbocycles. The third kappa shape index (κ3) is 4.38. The zero-order valence-corrected chi connectivity index (χ0v) is 17.4. The van der Waals surface area contributed by atoms with Crippen LogP contribution in [0.4, 0.5) is 6.01 Å². The second-order valence-electron chi connectivity index (χ2n) is 6.93. The zero-order chi connectivity index (χ0) is 21.1. The van der Waals surface area contributed by atoms with Gasteiger partial charge in [-0.1, -0.05) is 41.0 Å². The van der Waals surface area contributed by atoms with Gasteiger partial charge in [-0.05, 0) is 43.2 Å². The summed E-state index contributed by atoms with van der Waals surface area (Å²) in [5, 5.41) is 10.9. The predicted octanol–water partition coefficient (Wildman–Crippen LogP) is 3.43. The van der Waals surface area contributed by atoms with Crippen molar-refractivity contribution in [1.82, 2.24) is 14.5 Å². The first-order valence-corrected chi connectivity index (χ1v) is 11.2. The van der Waals surface area contributed by atoms with E-state index in [-0.39, 0.29) is 29.3 Å². The number of anilines is 1. The molecule has 0 bridgehead atoms. The molecule has 0 aliphatic carbocycles. The molecule has 1 N–H and O–H groups in total. The average molecular weight is 447 g/mol. The average Bonchev–Trinajstić information content (AvgIpc) is 3.23. The Morgan fingerprint density at radius 3 is 2.70 bits per heavy atom. The highest BCUT2D eigenvalue weighted by Gasteiger charge is 2.33. The molecule has 156 valence electrons. The lowest BCUT2D eigenvalue weighted by Gasteiger charge is -2.30. The van der Waals surface area contributed by atoms with Crippen LogP contribution < -0.4 is 5.32 Å². The van der Waals surface area contributed by atoms with Crippen LogP contribution in [0.2, 0.25) is 5.02 Å². The van der Waals surface area contributed by atoms with Gasteiger partial charge < -0.3 is 4.42 Å². The molecule has 8 nitrogen and oxygen atoms in total. The number of nitrogens with zero attached hydrogens (tertiary/aromatic N) is 3. The molecule has 1 aliphatic rings. The molecule has 1 amide bonds. The summed E-state index contributed by atoms with van der Waals surface area (Å²) >= 11 is 5.97. The Morgan fingerprint density at radius 2 is 1.93 bits per heavy atom. The Bertz CT molecular complexity index is 1150. The smallest absolute Gasteiger partial charge is 0.322 e. The summed E-state index contributed by atoms with van der Waals surface area (Å²) < 4.78 is 32.5. The van der Waals surface area contributed by atoms with Crippen molar-refractivity contribution in [2.75, 3.05) is 18.4 Å². The number of benzene rings is 2. The summed E-state index contributed by atoms with van der Waals surface area (Å²) in [4.78, 5) is 12.9. The first-order valence-electron chi connectivity index (χ1n) is 9.39. The van der Waals surface area contributed by atoms with Gasteiger partial charge in [0.25, 0.3) is 0 Å². The van der Waals surface area contributed by atoms with Crippen molar-refractivity contribution in [1.29, 1.82) is 0 Å². The first kappa shape index (κ1) is 20.5. The van der Waals surface area contributed by atoms with E-state index in [9.17, 15) is 13.2 Å². The highest BCUT2D eigenvalue weighted by Crippen LogP contribution is 2.26. The molecule has 3 aromatic rings. The van der Waals surface area contributed by atoms with Crippen molar-refractivity contribution in [3.63, 3.8) is 0 Å². The van der Waals surface area contributed by atoms with Crippen LogP contribution in [0.5, 0.6) is 0 Å². The Labute approximate surface area is 178 Å². The van der Waals surface area contributed by atoms with Crippen molar-refractivity contribution in [3.05, 3.63) is 59.6 Å². The molecule has 1 unspecified atom stereocenters. The van der Waals surface area contributed by atoms with Crippen molar-refractivity contribution in [2.45, 2.75) is 17.7 Å². The highest BCUT2D eigenvalue weighted by atomic mass is 35.5. The van der Waals surface area contributed by atoms with Crippen LogP contribution in [0.15, 0.2) is 63.9 Å². The number of nitrogens with one attached hydrogen (secondary N) is 1. The number of hydrogen-bond donors (Lipinski definition) is 1. The lowest BCUT2D eigenvalue weighted by molar-refractivity contribution is -0.121. The second-order valence-corrected chi connectivity index (χ2v) is 9.30. The summed E-state index contributed by atoms with van der Waals surface area (Å²) in [6.45, 7) is 0.471. The van der Waals surface area contributed by atoms with Crippen LogP contribution in [0.1, 0.15) is 12.8 Å². The van der Waals surface area contributed by atoms with Gasteiger partial charge in [0.2, 0.25) is 21.8 Å². The molecular weight excluding hydrogens is 428 g/mol. The summed E-state index contributed by atoms with van der Waals surface area (Å²) in [5.41, 5.74) is 0.633. The molecule has 2 heterocycles. The third-order valence-corrected chi connectivity index (χ3v) is 6.98. The van der Waals surface area contributed by atoms with Gasteiger partial charge in [0.1, 0.15) is 0 Å². The Hall–Kier alpha value is -2.75. The number of carbonyl (C=O) groups is 1. The Morgan fingerprint density at radius 1 is 1.13 bits per heavy atom. The standard InChI is InChI=1S/C20H19ClN4O4S/c21-16-8-4-6-14(12-16)19-23-24-20(29-19)22-18(26)15-7-5-11-25(13-15)30(27,28)17-9-2-1-3-10-17/h1-4,6,8-10,12,15H,5,7,11,13H2,(H,22,24,26). The van der Waals surface area contributed by atoms with E-state index in [1.54, 1.807) is 54.6 Å². The van der Waals surface area contributed by atoms with Crippen LogP contribution in [-0.2, 0) is 14.8 Å². The molecular formula is C20H19ClN4O4S. The van der Waals surface area contributed by atoms with Gasteiger partial charge in [0, 0.05) is 23.7 Å². The van der Waals surface area contributed by atoms with E-state index in [2.05, 4.69) is 15.5 Å². The second kappa shape index (κ2) is 8.55. The Balaban J connectivity index is 1.44. The lowest BCUT2D eigenvalue weighted by Crippen LogP contribution is -2.43. The topological polar surface area (TPSA) is 105 Å². The predicted molar refractivity (Wildman–Crippen MR) is 111 cm³/mol. The number of aromatic nitrogens is 2. The minimum absolute atomic E-state index is 0.0435. The largest absolute Gasteiger partial charge is 0.403 e. The minimum Gasteiger partial charge on any atom is -0.403 e. The maximum atomic E-state index is 12.8. The number of piperidine rings is 1. The molecule has 1 saturated heterocycles. The molecule has 0 spiro atoms. The maximum Gasteiger partial charge on any atom is 0.322 e. The molecule has 1 aliphatic heterocycles. The van der Waals surface area contributed by atoms with E-state index in [1.165, 1.54) is 4.31 Å². The van der Waals surface area contributed by atoms with Crippen molar-refractivity contribution < 1.29 is 17.6 Å². The monoisotopic (exact) mass is 446 g/mol. The van der Waals surface area contributed by atoms with E-state index in [4.69, 9.17) is 16.0 Å². The molecule has 4 rings (SSSR count). The third-order valence-electron chi connectivity index (χ3n) is 4.86. The fourth-order valence-electron chi connectivity index (χ4n) is 3.34. The molecule has 30 heavy (non-hydrogen) atoms. The van der Waals surface area contributed by atoms with E-state index >= 15 is 0 Å². The van der Waals surface area contributed by atoms with Crippen LogP contribution in [0.25, 0.3) is 11.5 Å². The number of amides is 1. The van der Waals surface area contributed by atoms with Gasteiger partial charge in [-0.3, -0.25) is 10.1 Å². The van der Waals surface area contributed by atoms with Gasteiger partial charge in [0.15, 0.2) is 0 Å². The van der Waals surface area contributed by atoms with Crippen molar-refractivity contribution >= 4 is 33.5 Å². The van der Waals surface area contributed by atoms with Crippen LogP contribution in [-0.4, -0.2) is 41.9 Å². The molecule has 1 fully saturated rings. The number of hydrogen-bond acceptors (Lipinski definition) is 6.